The van der Waals surface area contributed by atoms with Gasteiger partial charge in [0.15, 0.2) is 5.69 Å². The summed E-state index contributed by atoms with van der Waals surface area (Å²) in [7, 11) is 1.68. The summed E-state index contributed by atoms with van der Waals surface area (Å²) in [6, 6.07) is 1.31. The number of carbonyl (C=O) groups excluding carboxylic acids is 1. The average molecular weight is 195 g/mol. The van der Waals surface area contributed by atoms with E-state index in [-0.39, 0.29) is 11.6 Å². The molecule has 0 spiro atoms. The molecular formula is C8H9N3O3. The number of hydrogen-bond acceptors (Lipinski definition) is 3. The van der Waals surface area contributed by atoms with Crippen LogP contribution in [0.3, 0.4) is 0 Å². The third-order valence-corrected chi connectivity index (χ3v) is 2.21. The Bertz CT molecular complexity index is 410. The molecule has 0 bridgehead atoms. The highest BCUT2D eigenvalue weighted by Crippen LogP contribution is 2.12. The van der Waals surface area contributed by atoms with Crippen molar-refractivity contribution >= 4 is 11.9 Å². The summed E-state index contributed by atoms with van der Waals surface area (Å²) in [6.45, 7) is 1.11. The lowest BCUT2D eigenvalue weighted by Crippen LogP contribution is -2.37. The molecule has 6 nitrogen and oxygen atoms in total. The SMILES string of the molecule is CN1CCn2nc(C(=O)O)cc2C1=O. The standard InChI is InChI=1S/C8H9N3O3/c1-10-2-3-11-6(7(10)12)4-5(9-11)8(13)14/h4H,2-3H2,1H3,(H,13,14). The molecule has 0 saturated carbocycles. The van der Waals surface area contributed by atoms with E-state index < -0.39 is 5.97 Å². The number of carboxylic acids is 1. The molecule has 0 aliphatic carbocycles. The molecule has 0 atom stereocenters. The quantitative estimate of drug-likeness (QED) is 0.665. The summed E-state index contributed by atoms with van der Waals surface area (Å²) in [5, 5.41) is 12.5. The van der Waals surface area contributed by atoms with E-state index in [1.165, 1.54) is 10.7 Å². The number of carboxylic acid groups (broad SMARTS) is 1. The first-order valence-electron chi connectivity index (χ1n) is 4.16. The molecule has 0 fully saturated rings. The van der Waals surface area contributed by atoms with Gasteiger partial charge in [-0.15, -0.1) is 0 Å². The molecule has 1 aliphatic rings. The third kappa shape index (κ3) is 1.15. The fourth-order valence-electron chi connectivity index (χ4n) is 1.41. The van der Waals surface area contributed by atoms with E-state index in [0.717, 1.165) is 0 Å². The van der Waals surface area contributed by atoms with Crippen LogP contribution in [0.1, 0.15) is 21.0 Å². The second-order valence-electron chi connectivity index (χ2n) is 3.17. The molecule has 1 N–H and O–H groups in total. The summed E-state index contributed by atoms with van der Waals surface area (Å²) in [5.74, 6) is -1.29. The molecule has 2 heterocycles. The number of likely N-dealkylation sites (N-methyl/N-ethyl adjacent to an activating group) is 1. The van der Waals surface area contributed by atoms with Crippen molar-refractivity contribution in [2.45, 2.75) is 6.54 Å². The molecule has 0 unspecified atom stereocenters. The lowest BCUT2D eigenvalue weighted by atomic mass is 10.3. The van der Waals surface area contributed by atoms with Crippen LogP contribution >= 0.6 is 0 Å². The van der Waals surface area contributed by atoms with Crippen LogP contribution < -0.4 is 0 Å². The zero-order valence-electron chi connectivity index (χ0n) is 7.60. The molecule has 1 aliphatic heterocycles. The van der Waals surface area contributed by atoms with Crippen molar-refractivity contribution in [1.29, 1.82) is 0 Å². The highest BCUT2D eigenvalue weighted by Gasteiger charge is 2.25. The topological polar surface area (TPSA) is 75.4 Å². The predicted octanol–water partition coefficient (Wildman–Crippen LogP) is -0.333. The van der Waals surface area contributed by atoms with Gasteiger partial charge in [-0.1, -0.05) is 0 Å². The molecule has 1 aromatic heterocycles. The molecule has 0 aromatic carbocycles. The molecule has 1 amide bonds. The minimum absolute atomic E-state index is 0.0800. The number of aromatic nitrogens is 2. The summed E-state index contributed by atoms with van der Waals surface area (Å²) in [5.41, 5.74) is 0.264. The van der Waals surface area contributed by atoms with Gasteiger partial charge in [0.1, 0.15) is 5.69 Å². The van der Waals surface area contributed by atoms with Crippen LogP contribution in [0.2, 0.25) is 0 Å². The minimum Gasteiger partial charge on any atom is -0.476 e. The molecule has 0 radical (unpaired) electrons. The van der Waals surface area contributed by atoms with Crippen molar-refractivity contribution < 1.29 is 14.7 Å². The van der Waals surface area contributed by atoms with E-state index in [4.69, 9.17) is 5.11 Å². The van der Waals surface area contributed by atoms with Crippen LogP contribution in [0.5, 0.6) is 0 Å². The van der Waals surface area contributed by atoms with E-state index in [1.807, 2.05) is 0 Å². The Morgan fingerprint density at radius 3 is 2.93 bits per heavy atom. The maximum Gasteiger partial charge on any atom is 0.356 e. The summed E-state index contributed by atoms with van der Waals surface area (Å²) in [6.07, 6.45) is 0. The Kier molecular flexibility index (Phi) is 1.77. The molecule has 1 aromatic rings. The van der Waals surface area contributed by atoms with E-state index in [2.05, 4.69) is 5.10 Å². The molecular weight excluding hydrogens is 186 g/mol. The summed E-state index contributed by atoms with van der Waals surface area (Å²) < 4.78 is 1.44. The first kappa shape index (κ1) is 8.74. The van der Waals surface area contributed by atoms with Crippen LogP contribution in [0, 0.1) is 0 Å². The van der Waals surface area contributed by atoms with Gasteiger partial charge in [0, 0.05) is 19.7 Å². The van der Waals surface area contributed by atoms with Crippen molar-refractivity contribution in [3.63, 3.8) is 0 Å². The highest BCUT2D eigenvalue weighted by molar-refractivity contribution is 5.96. The summed E-state index contributed by atoms with van der Waals surface area (Å²) >= 11 is 0. The normalized spacial score (nSPS) is 15.5. The minimum atomic E-state index is -1.11. The van der Waals surface area contributed by atoms with Crippen molar-refractivity contribution in [3.8, 4) is 0 Å². The first-order valence-corrected chi connectivity index (χ1v) is 4.16. The third-order valence-electron chi connectivity index (χ3n) is 2.21. The van der Waals surface area contributed by atoms with Crippen LogP contribution in [0.15, 0.2) is 6.07 Å². The second kappa shape index (κ2) is 2.83. The zero-order chi connectivity index (χ0) is 10.3. The Hall–Kier alpha value is -1.85. The number of rotatable bonds is 1. The number of hydrogen-bond donors (Lipinski definition) is 1. The van der Waals surface area contributed by atoms with Crippen LogP contribution in [0.25, 0.3) is 0 Å². The van der Waals surface area contributed by atoms with Crippen molar-refractivity contribution in [1.82, 2.24) is 14.7 Å². The lowest BCUT2D eigenvalue weighted by molar-refractivity contribution is 0.0685. The fourth-order valence-corrected chi connectivity index (χ4v) is 1.41. The fraction of sp³-hybridized carbons (Fsp3) is 0.375. The first-order chi connectivity index (χ1) is 6.59. The average Bonchev–Trinajstić information content (AvgIpc) is 2.56. The second-order valence-corrected chi connectivity index (χ2v) is 3.17. The van der Waals surface area contributed by atoms with E-state index in [0.29, 0.717) is 18.8 Å². The van der Waals surface area contributed by atoms with Gasteiger partial charge in [0.05, 0.1) is 6.54 Å². The smallest absolute Gasteiger partial charge is 0.356 e. The molecule has 2 rings (SSSR count). The van der Waals surface area contributed by atoms with Gasteiger partial charge in [0.25, 0.3) is 5.91 Å². The highest BCUT2D eigenvalue weighted by atomic mass is 16.4. The van der Waals surface area contributed by atoms with Crippen molar-refractivity contribution in [3.05, 3.63) is 17.5 Å². The Morgan fingerprint density at radius 1 is 1.57 bits per heavy atom. The molecule has 14 heavy (non-hydrogen) atoms. The van der Waals surface area contributed by atoms with Gasteiger partial charge in [0.2, 0.25) is 0 Å². The predicted molar refractivity (Wildman–Crippen MR) is 46.1 cm³/mol. The number of nitrogens with zero attached hydrogens (tertiary/aromatic N) is 3. The van der Waals surface area contributed by atoms with Gasteiger partial charge in [-0.3, -0.25) is 9.48 Å². The van der Waals surface area contributed by atoms with Gasteiger partial charge < -0.3 is 10.0 Å². The number of carbonyl (C=O) groups is 2. The zero-order valence-corrected chi connectivity index (χ0v) is 7.60. The van der Waals surface area contributed by atoms with Gasteiger partial charge in [-0.05, 0) is 0 Å². The number of fused-ring (bicyclic) bond motifs is 1. The maximum atomic E-state index is 11.5. The van der Waals surface area contributed by atoms with E-state index in [9.17, 15) is 9.59 Å². The molecule has 74 valence electrons. The van der Waals surface area contributed by atoms with Gasteiger partial charge in [-0.25, -0.2) is 4.79 Å². The van der Waals surface area contributed by atoms with Crippen LogP contribution in [-0.4, -0.2) is 45.3 Å². The van der Waals surface area contributed by atoms with E-state index >= 15 is 0 Å². The Balaban J connectivity index is 2.46. The summed E-state index contributed by atoms with van der Waals surface area (Å²) in [4.78, 5) is 23.7. The van der Waals surface area contributed by atoms with Crippen LogP contribution in [-0.2, 0) is 6.54 Å². The molecule has 0 saturated heterocycles. The monoisotopic (exact) mass is 195 g/mol. The molecule has 6 heteroatoms. The largest absolute Gasteiger partial charge is 0.476 e. The number of amides is 1. The number of aromatic carboxylic acids is 1. The van der Waals surface area contributed by atoms with Crippen molar-refractivity contribution in [2.75, 3.05) is 13.6 Å². The van der Waals surface area contributed by atoms with Gasteiger partial charge in [-0.2, -0.15) is 5.10 Å². The van der Waals surface area contributed by atoms with Crippen LogP contribution in [0.4, 0.5) is 0 Å². The van der Waals surface area contributed by atoms with Gasteiger partial charge >= 0.3 is 5.97 Å². The Labute approximate surface area is 79.7 Å². The Morgan fingerprint density at radius 2 is 2.29 bits per heavy atom. The van der Waals surface area contributed by atoms with E-state index in [1.54, 1.807) is 11.9 Å². The maximum absolute atomic E-state index is 11.5. The lowest BCUT2D eigenvalue weighted by Gasteiger charge is -2.22. The van der Waals surface area contributed by atoms with Crippen molar-refractivity contribution in [2.24, 2.45) is 0 Å².